The van der Waals surface area contributed by atoms with E-state index >= 15 is 0 Å². The van der Waals surface area contributed by atoms with Crippen molar-refractivity contribution in [3.05, 3.63) is 0 Å². The Balaban J connectivity index is 2.47. The van der Waals surface area contributed by atoms with Crippen LogP contribution in [-0.2, 0) is 19.7 Å². The van der Waals surface area contributed by atoms with Gasteiger partial charge in [-0.3, -0.25) is 4.79 Å². The van der Waals surface area contributed by atoms with E-state index < -0.39 is 15.7 Å². The molecule has 0 aliphatic heterocycles. The number of hydrogen-bond acceptors (Lipinski definition) is 4. The monoisotopic (exact) mass is 292 g/mol. The Bertz CT molecular complexity index is 406. The average molecular weight is 292 g/mol. The summed E-state index contributed by atoms with van der Waals surface area (Å²) in [5, 5.41) is 0. The second-order valence-electron chi connectivity index (χ2n) is 6.05. The highest BCUT2D eigenvalue weighted by molar-refractivity contribution is 7.87. The molecule has 0 amide bonds. The smallest absolute Gasteiger partial charge is 0.308 e. The first kappa shape index (κ1) is 16.4. The van der Waals surface area contributed by atoms with E-state index in [1.54, 1.807) is 20.8 Å². The Kier molecular flexibility index (Phi) is 5.34. The standard InChI is InChI=1S/C12H24N2O4S/c1-12(2,3)14-19(16,17)13-10-7-5-9(6-8-10)11(15)18-4/h9-10,13-14H,5-8H2,1-4H3. The maximum atomic E-state index is 11.9. The van der Waals surface area contributed by atoms with Gasteiger partial charge in [0.05, 0.1) is 13.0 Å². The van der Waals surface area contributed by atoms with E-state index in [0.717, 1.165) is 0 Å². The minimum Gasteiger partial charge on any atom is -0.469 e. The second-order valence-corrected chi connectivity index (χ2v) is 7.49. The minimum atomic E-state index is -3.50. The van der Waals surface area contributed by atoms with Gasteiger partial charge in [-0.2, -0.15) is 17.9 Å². The van der Waals surface area contributed by atoms with Crippen LogP contribution in [-0.4, -0.2) is 33.1 Å². The highest BCUT2D eigenvalue weighted by Gasteiger charge is 2.30. The van der Waals surface area contributed by atoms with Gasteiger partial charge in [0.15, 0.2) is 0 Å². The van der Waals surface area contributed by atoms with Crippen LogP contribution in [0.1, 0.15) is 46.5 Å². The fraction of sp³-hybridized carbons (Fsp3) is 0.917. The molecule has 0 unspecified atom stereocenters. The van der Waals surface area contributed by atoms with Crippen molar-refractivity contribution in [2.45, 2.75) is 58.0 Å². The fourth-order valence-electron chi connectivity index (χ4n) is 2.27. The first-order valence-electron chi connectivity index (χ1n) is 6.52. The Labute approximate surface area is 115 Å². The molecule has 0 radical (unpaired) electrons. The number of carbonyl (C=O) groups excluding carboxylic acids is 1. The normalized spacial score (nSPS) is 25.1. The first-order chi connectivity index (χ1) is 8.63. The Hall–Kier alpha value is -0.660. The summed E-state index contributed by atoms with van der Waals surface area (Å²) in [6, 6.07) is -0.110. The molecular formula is C12H24N2O4S. The average Bonchev–Trinajstić information content (AvgIpc) is 2.25. The van der Waals surface area contributed by atoms with E-state index in [1.165, 1.54) is 7.11 Å². The van der Waals surface area contributed by atoms with Crippen molar-refractivity contribution >= 4 is 16.2 Å². The Morgan fingerprint density at radius 2 is 1.68 bits per heavy atom. The summed E-state index contributed by atoms with van der Waals surface area (Å²) in [7, 11) is -2.12. The van der Waals surface area contributed by atoms with Crippen LogP contribution < -0.4 is 9.44 Å². The predicted molar refractivity (Wildman–Crippen MR) is 72.7 cm³/mol. The highest BCUT2D eigenvalue weighted by Crippen LogP contribution is 2.25. The molecule has 0 spiro atoms. The molecule has 1 aliphatic rings. The molecule has 0 saturated heterocycles. The van der Waals surface area contributed by atoms with E-state index in [-0.39, 0.29) is 17.9 Å². The molecule has 0 heterocycles. The Morgan fingerprint density at radius 1 is 1.16 bits per heavy atom. The molecule has 6 nitrogen and oxygen atoms in total. The number of methoxy groups -OCH3 is 1. The van der Waals surface area contributed by atoms with Crippen molar-refractivity contribution in [2.75, 3.05) is 7.11 Å². The van der Waals surface area contributed by atoms with Gasteiger partial charge >= 0.3 is 5.97 Å². The van der Waals surface area contributed by atoms with E-state index in [1.807, 2.05) is 0 Å². The molecule has 1 fully saturated rings. The number of hydrogen-bond donors (Lipinski definition) is 2. The van der Waals surface area contributed by atoms with Crippen molar-refractivity contribution in [2.24, 2.45) is 5.92 Å². The molecule has 1 saturated carbocycles. The molecule has 0 bridgehead atoms. The quantitative estimate of drug-likeness (QED) is 0.755. The minimum absolute atomic E-state index is 0.0960. The third-order valence-corrected chi connectivity index (χ3v) is 4.55. The van der Waals surface area contributed by atoms with Crippen LogP contribution in [0.25, 0.3) is 0 Å². The van der Waals surface area contributed by atoms with Crippen LogP contribution in [0.15, 0.2) is 0 Å². The predicted octanol–water partition coefficient (Wildman–Crippen LogP) is 0.941. The zero-order valence-electron chi connectivity index (χ0n) is 12.0. The fourth-order valence-corrected chi connectivity index (χ4v) is 3.81. The van der Waals surface area contributed by atoms with E-state index in [4.69, 9.17) is 4.74 Å². The zero-order chi connectivity index (χ0) is 14.7. The first-order valence-corrected chi connectivity index (χ1v) is 8.00. The summed E-state index contributed by atoms with van der Waals surface area (Å²) in [6.45, 7) is 5.38. The lowest BCUT2D eigenvalue weighted by Gasteiger charge is -2.29. The second kappa shape index (κ2) is 6.19. The summed E-state index contributed by atoms with van der Waals surface area (Å²) in [5.41, 5.74) is -0.505. The van der Waals surface area contributed by atoms with Gasteiger partial charge in [-0.05, 0) is 46.5 Å². The lowest BCUT2D eigenvalue weighted by molar-refractivity contribution is -0.146. The largest absolute Gasteiger partial charge is 0.469 e. The van der Waals surface area contributed by atoms with E-state index in [2.05, 4.69) is 9.44 Å². The molecule has 7 heteroatoms. The molecule has 19 heavy (non-hydrogen) atoms. The van der Waals surface area contributed by atoms with Gasteiger partial charge in [-0.25, -0.2) is 0 Å². The van der Waals surface area contributed by atoms with Crippen LogP contribution in [0.2, 0.25) is 0 Å². The molecule has 0 aromatic heterocycles. The van der Waals surface area contributed by atoms with Gasteiger partial charge in [0.25, 0.3) is 10.2 Å². The van der Waals surface area contributed by atoms with Crippen LogP contribution in [0.4, 0.5) is 0 Å². The summed E-state index contributed by atoms with van der Waals surface area (Å²) < 4.78 is 33.6. The topological polar surface area (TPSA) is 84.5 Å². The zero-order valence-corrected chi connectivity index (χ0v) is 12.8. The Morgan fingerprint density at radius 3 is 2.11 bits per heavy atom. The summed E-state index contributed by atoms with van der Waals surface area (Å²) in [6.07, 6.45) is 2.64. The molecule has 0 aromatic carbocycles. The number of carbonyl (C=O) groups is 1. The lowest BCUT2D eigenvalue weighted by atomic mass is 9.86. The van der Waals surface area contributed by atoms with Crippen molar-refractivity contribution in [1.29, 1.82) is 0 Å². The molecule has 1 aliphatic carbocycles. The summed E-state index contributed by atoms with van der Waals surface area (Å²) >= 11 is 0. The van der Waals surface area contributed by atoms with E-state index in [9.17, 15) is 13.2 Å². The van der Waals surface area contributed by atoms with Crippen molar-refractivity contribution < 1.29 is 17.9 Å². The molecule has 2 N–H and O–H groups in total. The van der Waals surface area contributed by atoms with Crippen LogP contribution >= 0.6 is 0 Å². The van der Waals surface area contributed by atoms with Crippen molar-refractivity contribution in [3.63, 3.8) is 0 Å². The molecule has 0 atom stereocenters. The van der Waals surface area contributed by atoms with Gasteiger partial charge in [-0.15, -0.1) is 0 Å². The third-order valence-electron chi connectivity index (χ3n) is 3.02. The van der Waals surface area contributed by atoms with Crippen molar-refractivity contribution in [3.8, 4) is 0 Å². The lowest BCUT2D eigenvalue weighted by Crippen LogP contribution is -2.50. The number of nitrogens with one attached hydrogen (secondary N) is 2. The molecule has 0 aromatic rings. The highest BCUT2D eigenvalue weighted by atomic mass is 32.2. The SMILES string of the molecule is COC(=O)C1CCC(NS(=O)(=O)NC(C)(C)C)CC1. The molecule has 112 valence electrons. The van der Waals surface area contributed by atoms with Crippen LogP contribution in [0.3, 0.4) is 0 Å². The van der Waals surface area contributed by atoms with Crippen LogP contribution in [0, 0.1) is 5.92 Å². The van der Waals surface area contributed by atoms with Crippen molar-refractivity contribution in [1.82, 2.24) is 9.44 Å². The van der Waals surface area contributed by atoms with Crippen LogP contribution in [0.5, 0.6) is 0 Å². The summed E-state index contributed by atoms with van der Waals surface area (Å²) in [5.74, 6) is -0.296. The van der Waals surface area contributed by atoms with Gasteiger partial charge in [-0.1, -0.05) is 0 Å². The molecule has 1 rings (SSSR count). The molecular weight excluding hydrogens is 268 g/mol. The number of esters is 1. The number of rotatable bonds is 4. The van der Waals surface area contributed by atoms with Gasteiger partial charge in [0.2, 0.25) is 0 Å². The van der Waals surface area contributed by atoms with Gasteiger partial charge < -0.3 is 4.74 Å². The summed E-state index contributed by atoms with van der Waals surface area (Å²) in [4.78, 5) is 11.4. The third kappa shape index (κ3) is 5.88. The van der Waals surface area contributed by atoms with Gasteiger partial charge in [0.1, 0.15) is 0 Å². The van der Waals surface area contributed by atoms with E-state index in [0.29, 0.717) is 25.7 Å². The van der Waals surface area contributed by atoms with Gasteiger partial charge in [0, 0.05) is 11.6 Å². The maximum absolute atomic E-state index is 11.9. The number of ether oxygens (including phenoxy) is 1. The maximum Gasteiger partial charge on any atom is 0.308 e.